The van der Waals surface area contributed by atoms with Gasteiger partial charge >= 0.3 is 5.69 Å². The Kier molecular flexibility index (Phi) is 5.03. The molecule has 0 N–H and O–H groups in total. The fourth-order valence-electron chi connectivity index (χ4n) is 3.95. The highest BCUT2D eigenvalue weighted by atomic mass is 32.1. The van der Waals surface area contributed by atoms with E-state index in [0.717, 1.165) is 15.6 Å². The van der Waals surface area contributed by atoms with Crippen molar-refractivity contribution in [2.24, 2.45) is 0 Å². The zero-order chi connectivity index (χ0) is 22.2. The van der Waals surface area contributed by atoms with E-state index < -0.39 is 5.69 Å². The van der Waals surface area contributed by atoms with Crippen molar-refractivity contribution in [3.8, 4) is 17.2 Å². The van der Waals surface area contributed by atoms with Gasteiger partial charge < -0.3 is 9.47 Å². The maximum absolute atomic E-state index is 13.8. The van der Waals surface area contributed by atoms with Crippen LogP contribution in [0.1, 0.15) is 5.56 Å². The van der Waals surface area contributed by atoms with Crippen LogP contribution < -0.4 is 20.7 Å². The van der Waals surface area contributed by atoms with Gasteiger partial charge in [-0.05, 0) is 23.8 Å². The van der Waals surface area contributed by atoms with E-state index in [1.54, 1.807) is 29.9 Å². The molecule has 2 aromatic heterocycles. The van der Waals surface area contributed by atoms with Crippen LogP contribution in [0.5, 0.6) is 11.5 Å². The average molecular weight is 445 g/mol. The van der Waals surface area contributed by atoms with E-state index in [0.29, 0.717) is 33.9 Å². The second-order valence-electron chi connectivity index (χ2n) is 7.31. The molecule has 0 fully saturated rings. The van der Waals surface area contributed by atoms with Gasteiger partial charge in [-0.2, -0.15) is 0 Å². The summed E-state index contributed by atoms with van der Waals surface area (Å²) in [5.41, 5.74) is 1.33. The van der Waals surface area contributed by atoms with Crippen molar-refractivity contribution >= 4 is 31.6 Å². The Bertz CT molecular complexity index is 1560. The largest absolute Gasteiger partial charge is 0.493 e. The summed E-state index contributed by atoms with van der Waals surface area (Å²) >= 11 is 1.40. The molecule has 0 spiro atoms. The molecule has 2 heterocycles. The van der Waals surface area contributed by atoms with Gasteiger partial charge in [-0.1, -0.05) is 48.5 Å². The van der Waals surface area contributed by atoms with Crippen molar-refractivity contribution in [3.63, 3.8) is 0 Å². The number of benzene rings is 3. The fourth-order valence-corrected chi connectivity index (χ4v) is 5.09. The van der Waals surface area contributed by atoms with E-state index in [9.17, 15) is 9.59 Å². The van der Waals surface area contributed by atoms with Crippen LogP contribution in [-0.2, 0) is 6.54 Å². The minimum Gasteiger partial charge on any atom is -0.493 e. The number of hydrogen-bond donors (Lipinski definition) is 0. The first-order chi connectivity index (χ1) is 15.6. The molecular formula is C25H20N2O4S. The third-order valence-corrected chi connectivity index (χ3v) is 6.62. The van der Waals surface area contributed by atoms with Crippen LogP contribution in [0.2, 0.25) is 0 Å². The highest BCUT2D eigenvalue weighted by Gasteiger charge is 2.20. The van der Waals surface area contributed by atoms with Crippen LogP contribution in [0, 0.1) is 0 Å². The molecule has 0 aliphatic rings. The van der Waals surface area contributed by atoms with Crippen LogP contribution in [0.25, 0.3) is 26.0 Å². The van der Waals surface area contributed by atoms with Gasteiger partial charge in [-0.15, -0.1) is 11.3 Å². The molecule has 5 aromatic rings. The molecule has 6 nitrogen and oxygen atoms in total. The first-order valence-electron chi connectivity index (χ1n) is 10.1. The predicted octanol–water partition coefficient (Wildman–Crippen LogP) is 4.43. The normalized spacial score (nSPS) is 11.2. The summed E-state index contributed by atoms with van der Waals surface area (Å²) in [6.45, 7) is 0.352. The van der Waals surface area contributed by atoms with Gasteiger partial charge in [0.25, 0.3) is 5.56 Å². The molecule has 0 unspecified atom stereocenters. The first kappa shape index (κ1) is 20.1. The number of hydrogen-bond acceptors (Lipinski definition) is 5. The second kappa shape index (κ2) is 8.01. The average Bonchev–Trinajstić information content (AvgIpc) is 3.22. The molecule has 0 aliphatic heterocycles. The van der Waals surface area contributed by atoms with Gasteiger partial charge in [0.2, 0.25) is 0 Å². The number of aromatic nitrogens is 2. The maximum Gasteiger partial charge on any atom is 0.336 e. The van der Waals surface area contributed by atoms with Gasteiger partial charge in [-0.3, -0.25) is 9.36 Å². The van der Waals surface area contributed by atoms with E-state index in [1.807, 2.05) is 54.6 Å². The Morgan fingerprint density at radius 1 is 0.844 bits per heavy atom. The smallest absolute Gasteiger partial charge is 0.336 e. The molecule has 0 amide bonds. The molecule has 0 bridgehead atoms. The molecule has 5 rings (SSSR count). The maximum atomic E-state index is 13.8. The van der Waals surface area contributed by atoms with Crippen molar-refractivity contribution in [2.45, 2.75) is 6.54 Å². The van der Waals surface area contributed by atoms with E-state index in [-0.39, 0.29) is 5.56 Å². The Morgan fingerprint density at radius 3 is 2.31 bits per heavy atom. The molecule has 0 saturated carbocycles. The van der Waals surface area contributed by atoms with Gasteiger partial charge in [0, 0.05) is 16.2 Å². The molecule has 0 aliphatic carbocycles. The van der Waals surface area contributed by atoms with Crippen LogP contribution in [0.3, 0.4) is 0 Å². The van der Waals surface area contributed by atoms with E-state index in [2.05, 4.69) is 0 Å². The lowest BCUT2D eigenvalue weighted by atomic mass is 10.2. The lowest BCUT2D eigenvalue weighted by Crippen LogP contribution is -2.38. The number of rotatable bonds is 5. The van der Waals surface area contributed by atoms with E-state index in [4.69, 9.17) is 9.47 Å². The third kappa shape index (κ3) is 3.18. The Labute approximate surface area is 187 Å². The summed E-state index contributed by atoms with van der Waals surface area (Å²) in [5.74, 6) is 0.971. The summed E-state index contributed by atoms with van der Waals surface area (Å²) in [4.78, 5) is 27.3. The van der Waals surface area contributed by atoms with Crippen molar-refractivity contribution in [3.05, 3.63) is 99.2 Å². The fraction of sp³-hybridized carbons (Fsp3) is 0.120. The predicted molar refractivity (Wildman–Crippen MR) is 128 cm³/mol. The number of methoxy groups -OCH3 is 2. The highest BCUT2D eigenvalue weighted by molar-refractivity contribution is 7.25. The zero-order valence-corrected chi connectivity index (χ0v) is 18.4. The standard InChI is InChI=1S/C25H20N2O4S/c1-30-19-13-12-17(14-20(19)31-2)27-24(28)23-22(18-10-6-7-11-21(18)32-23)26(25(27)29)15-16-8-4-3-5-9-16/h3-14H,15H2,1-2H3. The lowest BCUT2D eigenvalue weighted by molar-refractivity contribution is 0.355. The third-order valence-electron chi connectivity index (χ3n) is 5.47. The summed E-state index contributed by atoms with van der Waals surface area (Å²) in [7, 11) is 3.06. The zero-order valence-electron chi connectivity index (χ0n) is 17.6. The lowest BCUT2D eigenvalue weighted by Gasteiger charge is -2.14. The van der Waals surface area contributed by atoms with Gasteiger partial charge in [0.15, 0.2) is 11.5 Å². The first-order valence-corrected chi connectivity index (χ1v) is 10.9. The van der Waals surface area contributed by atoms with Gasteiger partial charge in [0.1, 0.15) is 4.70 Å². The molecule has 32 heavy (non-hydrogen) atoms. The van der Waals surface area contributed by atoms with Crippen LogP contribution in [0.4, 0.5) is 0 Å². The molecule has 7 heteroatoms. The SMILES string of the molecule is COc1ccc(-n2c(=O)c3sc4ccccc4c3n(Cc3ccccc3)c2=O)cc1OC. The number of fused-ring (bicyclic) bond motifs is 3. The minimum absolute atomic E-state index is 0.345. The quantitative estimate of drug-likeness (QED) is 0.402. The summed E-state index contributed by atoms with van der Waals surface area (Å²) in [5, 5.41) is 0.900. The number of ether oxygens (including phenoxy) is 2. The molecule has 0 saturated heterocycles. The topological polar surface area (TPSA) is 62.5 Å². The summed E-state index contributed by atoms with van der Waals surface area (Å²) in [6, 6.07) is 22.6. The van der Waals surface area contributed by atoms with Gasteiger partial charge in [0.05, 0.1) is 32.0 Å². The Morgan fingerprint density at radius 2 is 1.56 bits per heavy atom. The van der Waals surface area contributed by atoms with Crippen molar-refractivity contribution in [1.82, 2.24) is 9.13 Å². The van der Waals surface area contributed by atoms with Gasteiger partial charge in [-0.25, -0.2) is 9.36 Å². The highest BCUT2D eigenvalue weighted by Crippen LogP contribution is 2.32. The monoisotopic (exact) mass is 444 g/mol. The Hall–Kier alpha value is -3.84. The molecular weight excluding hydrogens is 424 g/mol. The Balaban J connectivity index is 1.86. The molecule has 3 aromatic carbocycles. The summed E-state index contributed by atoms with van der Waals surface area (Å²) < 4.78 is 15.1. The summed E-state index contributed by atoms with van der Waals surface area (Å²) in [6.07, 6.45) is 0. The molecule has 0 atom stereocenters. The van der Waals surface area contributed by atoms with Crippen LogP contribution in [0.15, 0.2) is 82.4 Å². The van der Waals surface area contributed by atoms with E-state index >= 15 is 0 Å². The van der Waals surface area contributed by atoms with Crippen molar-refractivity contribution in [2.75, 3.05) is 14.2 Å². The minimum atomic E-state index is -0.401. The number of thiophene rings is 1. The molecule has 160 valence electrons. The number of nitrogens with zero attached hydrogens (tertiary/aromatic N) is 2. The van der Waals surface area contributed by atoms with E-state index in [1.165, 1.54) is 23.0 Å². The van der Waals surface area contributed by atoms with Crippen LogP contribution >= 0.6 is 11.3 Å². The second-order valence-corrected chi connectivity index (χ2v) is 8.36. The van der Waals surface area contributed by atoms with Crippen molar-refractivity contribution < 1.29 is 9.47 Å². The van der Waals surface area contributed by atoms with Crippen molar-refractivity contribution in [1.29, 1.82) is 0 Å². The van der Waals surface area contributed by atoms with Crippen LogP contribution in [-0.4, -0.2) is 23.4 Å². The molecule has 0 radical (unpaired) electrons.